The number of pyridine rings is 1. The summed E-state index contributed by atoms with van der Waals surface area (Å²) < 4.78 is 14.0. The second-order valence-corrected chi connectivity index (χ2v) is 3.46. The van der Waals surface area contributed by atoms with E-state index in [1.54, 1.807) is 36.7 Å². The number of carbonyl (C=O) groups excluding carboxylic acids is 1. The van der Waals surface area contributed by atoms with Gasteiger partial charge in [-0.05, 0) is 30.7 Å². The average Bonchev–Trinajstić information content (AvgIpc) is 2.30. The predicted octanol–water partition coefficient (Wildman–Crippen LogP) is 3.09. The van der Waals surface area contributed by atoms with Gasteiger partial charge in [0.25, 0.3) is 0 Å². The van der Waals surface area contributed by atoms with Crippen molar-refractivity contribution in [3.05, 3.63) is 54.1 Å². The fourth-order valence-electron chi connectivity index (χ4n) is 1.56. The Labute approximate surface area is 92.8 Å². The van der Waals surface area contributed by atoms with Crippen LogP contribution in [0.3, 0.4) is 0 Å². The first-order valence-electron chi connectivity index (χ1n) is 4.90. The van der Waals surface area contributed by atoms with Crippen molar-refractivity contribution in [3.63, 3.8) is 0 Å². The Bertz CT molecular complexity index is 523. The van der Waals surface area contributed by atoms with Crippen LogP contribution in [0.1, 0.15) is 17.3 Å². The fraction of sp³-hybridized carbons (Fsp3) is 0.0769. The Morgan fingerprint density at radius 3 is 2.50 bits per heavy atom. The van der Waals surface area contributed by atoms with Crippen molar-refractivity contribution in [2.24, 2.45) is 0 Å². The van der Waals surface area contributed by atoms with Crippen molar-refractivity contribution >= 4 is 5.78 Å². The molecule has 2 rings (SSSR count). The second-order valence-electron chi connectivity index (χ2n) is 3.46. The monoisotopic (exact) mass is 215 g/mol. The molecule has 0 bridgehead atoms. The highest BCUT2D eigenvalue weighted by Gasteiger charge is 2.12. The molecule has 0 radical (unpaired) electrons. The first-order chi connectivity index (χ1) is 7.70. The third kappa shape index (κ3) is 1.84. The molecule has 0 unspecified atom stereocenters. The Hall–Kier alpha value is -2.03. The number of Topliss-reactive ketones (excluding diaryl/α,β-unsaturated/α-hetero) is 1. The quantitative estimate of drug-likeness (QED) is 0.720. The molecule has 0 fully saturated rings. The van der Waals surface area contributed by atoms with Gasteiger partial charge in [-0.3, -0.25) is 9.78 Å². The van der Waals surface area contributed by atoms with Crippen LogP contribution in [0.15, 0.2) is 42.7 Å². The molecule has 0 aliphatic heterocycles. The van der Waals surface area contributed by atoms with E-state index < -0.39 is 5.82 Å². The first-order valence-corrected chi connectivity index (χ1v) is 4.90. The number of ketones is 1. The summed E-state index contributed by atoms with van der Waals surface area (Å²) in [5.41, 5.74) is 1.26. The van der Waals surface area contributed by atoms with Crippen LogP contribution < -0.4 is 0 Å². The minimum absolute atomic E-state index is 0.120. The third-order valence-electron chi connectivity index (χ3n) is 2.37. The number of halogens is 1. The number of nitrogens with zero attached hydrogens (tertiary/aromatic N) is 1. The first kappa shape index (κ1) is 10.5. The number of hydrogen-bond donors (Lipinski definition) is 0. The molecule has 0 saturated heterocycles. The summed E-state index contributed by atoms with van der Waals surface area (Å²) in [5.74, 6) is -0.741. The molecule has 1 heterocycles. The highest BCUT2D eigenvalue weighted by molar-refractivity contribution is 5.95. The van der Waals surface area contributed by atoms with Crippen LogP contribution in [0.25, 0.3) is 11.1 Å². The summed E-state index contributed by atoms with van der Waals surface area (Å²) in [6.45, 7) is 1.36. The van der Waals surface area contributed by atoms with Gasteiger partial charge in [0, 0.05) is 18.0 Å². The Morgan fingerprint density at radius 1 is 1.19 bits per heavy atom. The minimum Gasteiger partial charge on any atom is -0.294 e. The lowest BCUT2D eigenvalue weighted by Crippen LogP contribution is -1.98. The molecule has 0 saturated carbocycles. The maximum absolute atomic E-state index is 14.0. The number of carbonyl (C=O) groups is 1. The van der Waals surface area contributed by atoms with Gasteiger partial charge in [0.2, 0.25) is 0 Å². The number of aromatic nitrogens is 1. The number of hydrogen-bond acceptors (Lipinski definition) is 2. The summed E-state index contributed by atoms with van der Waals surface area (Å²) in [6, 6.07) is 8.24. The molecule has 1 aromatic heterocycles. The molecule has 0 spiro atoms. The van der Waals surface area contributed by atoms with Crippen LogP contribution in [-0.2, 0) is 0 Å². The van der Waals surface area contributed by atoms with Gasteiger partial charge in [-0.15, -0.1) is 0 Å². The van der Waals surface area contributed by atoms with E-state index in [0.717, 1.165) is 5.56 Å². The zero-order valence-electron chi connectivity index (χ0n) is 8.77. The van der Waals surface area contributed by atoms with Gasteiger partial charge in [-0.1, -0.05) is 12.1 Å². The van der Waals surface area contributed by atoms with Crippen LogP contribution in [0.4, 0.5) is 4.39 Å². The Morgan fingerprint density at radius 2 is 1.88 bits per heavy atom. The van der Waals surface area contributed by atoms with E-state index in [1.165, 1.54) is 13.0 Å². The smallest absolute Gasteiger partial charge is 0.162 e. The predicted molar refractivity (Wildman–Crippen MR) is 59.6 cm³/mol. The van der Waals surface area contributed by atoms with Gasteiger partial charge in [-0.2, -0.15) is 0 Å². The summed E-state index contributed by atoms with van der Waals surface area (Å²) >= 11 is 0. The van der Waals surface area contributed by atoms with Gasteiger partial charge >= 0.3 is 0 Å². The maximum Gasteiger partial charge on any atom is 0.162 e. The van der Waals surface area contributed by atoms with Crippen LogP contribution in [0.2, 0.25) is 0 Å². The van der Waals surface area contributed by atoms with Crippen molar-refractivity contribution < 1.29 is 9.18 Å². The minimum atomic E-state index is -0.471. The van der Waals surface area contributed by atoms with Crippen LogP contribution in [-0.4, -0.2) is 10.8 Å². The standard InChI is InChI=1S/C13H10FNO/c1-9(16)11-3-2-4-12(13(11)14)10-5-7-15-8-6-10/h2-8H,1H3. The lowest BCUT2D eigenvalue weighted by Gasteiger charge is -2.05. The molecule has 0 atom stereocenters. The van der Waals surface area contributed by atoms with Crippen molar-refractivity contribution in [2.75, 3.05) is 0 Å². The second kappa shape index (κ2) is 4.23. The summed E-state index contributed by atoms with van der Waals surface area (Å²) in [4.78, 5) is 15.1. The maximum atomic E-state index is 14.0. The average molecular weight is 215 g/mol. The van der Waals surface area contributed by atoms with Gasteiger partial charge in [0.1, 0.15) is 5.82 Å². The molecule has 0 aliphatic rings. The normalized spacial score (nSPS) is 10.1. The largest absolute Gasteiger partial charge is 0.294 e. The lowest BCUT2D eigenvalue weighted by atomic mass is 10.0. The van der Waals surface area contributed by atoms with E-state index in [9.17, 15) is 9.18 Å². The molecular weight excluding hydrogens is 205 g/mol. The molecule has 16 heavy (non-hydrogen) atoms. The molecular formula is C13H10FNO. The fourth-order valence-corrected chi connectivity index (χ4v) is 1.56. The molecule has 0 N–H and O–H groups in total. The SMILES string of the molecule is CC(=O)c1cccc(-c2ccncc2)c1F. The van der Waals surface area contributed by atoms with Gasteiger partial charge in [0.05, 0.1) is 5.56 Å². The van der Waals surface area contributed by atoms with E-state index in [1.807, 2.05) is 0 Å². The van der Waals surface area contributed by atoms with Crippen molar-refractivity contribution in [1.29, 1.82) is 0 Å². The summed E-state index contributed by atoms with van der Waals surface area (Å²) in [7, 11) is 0. The van der Waals surface area contributed by atoms with Crippen LogP contribution in [0, 0.1) is 5.82 Å². The van der Waals surface area contributed by atoms with E-state index in [-0.39, 0.29) is 11.3 Å². The Balaban J connectivity index is 2.59. The molecule has 0 aliphatic carbocycles. The summed E-state index contributed by atoms with van der Waals surface area (Å²) in [5, 5.41) is 0. The third-order valence-corrected chi connectivity index (χ3v) is 2.37. The van der Waals surface area contributed by atoms with Gasteiger partial charge in [0.15, 0.2) is 5.78 Å². The van der Waals surface area contributed by atoms with E-state index in [0.29, 0.717) is 5.56 Å². The highest BCUT2D eigenvalue weighted by atomic mass is 19.1. The van der Waals surface area contributed by atoms with Crippen molar-refractivity contribution in [2.45, 2.75) is 6.92 Å². The summed E-state index contributed by atoms with van der Waals surface area (Å²) in [6.07, 6.45) is 3.18. The molecule has 3 heteroatoms. The van der Waals surface area contributed by atoms with Crippen molar-refractivity contribution in [1.82, 2.24) is 4.98 Å². The lowest BCUT2D eigenvalue weighted by molar-refractivity contribution is 0.101. The molecule has 2 aromatic rings. The van der Waals surface area contributed by atoms with Gasteiger partial charge < -0.3 is 0 Å². The molecule has 1 aromatic carbocycles. The highest BCUT2D eigenvalue weighted by Crippen LogP contribution is 2.24. The molecule has 0 amide bonds. The van der Waals surface area contributed by atoms with E-state index in [4.69, 9.17) is 0 Å². The zero-order chi connectivity index (χ0) is 11.5. The number of benzene rings is 1. The number of rotatable bonds is 2. The van der Waals surface area contributed by atoms with E-state index in [2.05, 4.69) is 4.98 Å². The zero-order valence-corrected chi connectivity index (χ0v) is 8.77. The molecule has 2 nitrogen and oxygen atoms in total. The van der Waals surface area contributed by atoms with Crippen LogP contribution in [0.5, 0.6) is 0 Å². The van der Waals surface area contributed by atoms with Crippen molar-refractivity contribution in [3.8, 4) is 11.1 Å². The Kier molecular flexibility index (Phi) is 2.77. The molecule has 80 valence electrons. The van der Waals surface area contributed by atoms with E-state index >= 15 is 0 Å². The van der Waals surface area contributed by atoms with Gasteiger partial charge in [-0.25, -0.2) is 4.39 Å². The topological polar surface area (TPSA) is 30.0 Å². The van der Waals surface area contributed by atoms with Crippen LogP contribution >= 0.6 is 0 Å².